The highest BCUT2D eigenvalue weighted by molar-refractivity contribution is 9.08. The Morgan fingerprint density at radius 1 is 1.15 bits per heavy atom. The van der Waals surface area contributed by atoms with Gasteiger partial charge in [-0.05, 0) is 43.2 Å². The molecule has 0 heterocycles. The fraction of sp³-hybridized carbons (Fsp3) is 0.200. The number of benzene rings is 2. The number of halogens is 1. The Kier molecular flexibility index (Phi) is 4.39. The van der Waals surface area contributed by atoms with E-state index in [1.54, 1.807) is 19.9 Å². The zero-order valence-corrected chi connectivity index (χ0v) is 12.8. The highest BCUT2D eigenvalue weighted by Crippen LogP contribution is 2.31. The van der Waals surface area contributed by atoms with Crippen LogP contribution in [-0.4, -0.2) is 4.92 Å². The molecule has 5 heteroatoms. The number of ether oxygens (including phenoxy) is 1. The quantitative estimate of drug-likeness (QED) is 0.453. The van der Waals surface area contributed by atoms with Gasteiger partial charge in [0.05, 0.1) is 4.92 Å². The normalized spacial score (nSPS) is 10.3. The van der Waals surface area contributed by atoms with Crippen LogP contribution in [-0.2, 0) is 5.33 Å². The lowest BCUT2D eigenvalue weighted by atomic mass is 10.1. The van der Waals surface area contributed by atoms with E-state index in [2.05, 4.69) is 15.9 Å². The van der Waals surface area contributed by atoms with E-state index < -0.39 is 0 Å². The van der Waals surface area contributed by atoms with Crippen LogP contribution in [0.4, 0.5) is 5.69 Å². The van der Waals surface area contributed by atoms with Gasteiger partial charge in [0.25, 0.3) is 5.69 Å². The number of alkyl halides is 1. The van der Waals surface area contributed by atoms with E-state index in [4.69, 9.17) is 4.74 Å². The molecule has 0 amide bonds. The molecule has 0 atom stereocenters. The number of rotatable bonds is 4. The monoisotopic (exact) mass is 335 g/mol. The van der Waals surface area contributed by atoms with Gasteiger partial charge in [-0.25, -0.2) is 0 Å². The lowest BCUT2D eigenvalue weighted by Gasteiger charge is -2.10. The Morgan fingerprint density at radius 3 is 2.35 bits per heavy atom. The molecule has 0 saturated heterocycles. The lowest BCUT2D eigenvalue weighted by molar-refractivity contribution is -0.385. The second kappa shape index (κ2) is 6.05. The average Bonchev–Trinajstić information content (AvgIpc) is 2.43. The molecule has 104 valence electrons. The Hall–Kier alpha value is -1.88. The van der Waals surface area contributed by atoms with E-state index in [0.29, 0.717) is 17.1 Å². The zero-order valence-electron chi connectivity index (χ0n) is 11.2. The summed E-state index contributed by atoms with van der Waals surface area (Å²) in [5.74, 6) is 1.35. The Labute approximate surface area is 125 Å². The maximum atomic E-state index is 10.9. The Bertz CT molecular complexity index is 638. The van der Waals surface area contributed by atoms with Gasteiger partial charge < -0.3 is 4.74 Å². The molecule has 0 spiro atoms. The molecular formula is C15H14BrNO3. The summed E-state index contributed by atoms with van der Waals surface area (Å²) in [5, 5.41) is 11.7. The first kappa shape index (κ1) is 14.5. The van der Waals surface area contributed by atoms with Crippen LogP contribution in [0.2, 0.25) is 0 Å². The average molecular weight is 336 g/mol. The molecule has 2 aromatic carbocycles. The first-order chi connectivity index (χ1) is 9.51. The second-order valence-corrected chi connectivity index (χ2v) is 5.10. The topological polar surface area (TPSA) is 52.4 Å². The van der Waals surface area contributed by atoms with Gasteiger partial charge in [-0.2, -0.15) is 0 Å². The van der Waals surface area contributed by atoms with Crippen molar-refractivity contribution in [3.05, 3.63) is 63.2 Å². The van der Waals surface area contributed by atoms with Crippen LogP contribution in [0.5, 0.6) is 11.5 Å². The predicted octanol–water partition coefficient (Wildman–Crippen LogP) is 4.90. The highest BCUT2D eigenvalue weighted by atomic mass is 79.9. The summed E-state index contributed by atoms with van der Waals surface area (Å²) in [6, 6.07) is 10.9. The zero-order chi connectivity index (χ0) is 14.7. The molecule has 0 radical (unpaired) electrons. The molecule has 20 heavy (non-hydrogen) atoms. The van der Waals surface area contributed by atoms with E-state index in [1.165, 1.54) is 6.07 Å². The molecule has 0 fully saturated rings. The maximum absolute atomic E-state index is 10.9. The van der Waals surface area contributed by atoms with Gasteiger partial charge >= 0.3 is 0 Å². The molecule has 0 aromatic heterocycles. The van der Waals surface area contributed by atoms with Crippen LogP contribution in [0, 0.1) is 24.0 Å². The van der Waals surface area contributed by atoms with Crippen LogP contribution in [0.1, 0.15) is 16.7 Å². The van der Waals surface area contributed by atoms with Crippen LogP contribution in [0.3, 0.4) is 0 Å². The van der Waals surface area contributed by atoms with Gasteiger partial charge in [-0.1, -0.05) is 28.1 Å². The number of nitro benzene ring substituents is 1. The number of hydrogen-bond acceptors (Lipinski definition) is 3. The largest absolute Gasteiger partial charge is 0.457 e. The van der Waals surface area contributed by atoms with Crippen molar-refractivity contribution in [1.82, 2.24) is 0 Å². The van der Waals surface area contributed by atoms with E-state index in [0.717, 1.165) is 16.5 Å². The summed E-state index contributed by atoms with van der Waals surface area (Å²) in [6.45, 7) is 3.51. The first-order valence-electron chi connectivity index (χ1n) is 6.09. The van der Waals surface area contributed by atoms with Crippen molar-refractivity contribution in [2.45, 2.75) is 19.2 Å². The molecule has 2 rings (SSSR count). The molecule has 0 N–H and O–H groups in total. The first-order valence-corrected chi connectivity index (χ1v) is 7.22. The SMILES string of the molecule is Cc1cc([N+](=O)[O-])c(C)cc1Oc1ccc(CBr)cc1. The molecule has 2 aromatic rings. The van der Waals surface area contributed by atoms with Crippen molar-refractivity contribution >= 4 is 21.6 Å². The minimum atomic E-state index is -0.378. The van der Waals surface area contributed by atoms with Gasteiger partial charge in [0.2, 0.25) is 0 Å². The number of nitro groups is 1. The van der Waals surface area contributed by atoms with E-state index in [1.807, 2.05) is 24.3 Å². The molecule has 0 unspecified atom stereocenters. The third-order valence-corrected chi connectivity index (χ3v) is 3.64. The van der Waals surface area contributed by atoms with Gasteiger partial charge in [0, 0.05) is 17.0 Å². The van der Waals surface area contributed by atoms with Gasteiger partial charge in [0.15, 0.2) is 0 Å². The lowest BCUT2D eigenvalue weighted by Crippen LogP contribution is -1.95. The van der Waals surface area contributed by atoms with Crippen LogP contribution in [0.25, 0.3) is 0 Å². The van der Waals surface area contributed by atoms with Crippen molar-refractivity contribution in [1.29, 1.82) is 0 Å². The molecule has 0 aliphatic heterocycles. The highest BCUT2D eigenvalue weighted by Gasteiger charge is 2.14. The summed E-state index contributed by atoms with van der Waals surface area (Å²) >= 11 is 3.39. The van der Waals surface area contributed by atoms with Gasteiger partial charge in [0.1, 0.15) is 11.5 Å². The van der Waals surface area contributed by atoms with Crippen LogP contribution in [0.15, 0.2) is 36.4 Å². The van der Waals surface area contributed by atoms with Crippen LogP contribution < -0.4 is 4.74 Å². The smallest absolute Gasteiger partial charge is 0.272 e. The fourth-order valence-corrected chi connectivity index (χ4v) is 2.23. The summed E-state index contributed by atoms with van der Waals surface area (Å²) in [6.07, 6.45) is 0. The predicted molar refractivity (Wildman–Crippen MR) is 81.7 cm³/mol. The van der Waals surface area contributed by atoms with Crippen molar-refractivity contribution in [2.24, 2.45) is 0 Å². The molecule has 0 aliphatic carbocycles. The molecule has 0 saturated carbocycles. The molecule has 0 bridgehead atoms. The fourth-order valence-electron chi connectivity index (χ4n) is 1.85. The number of aryl methyl sites for hydroxylation is 2. The minimum absolute atomic E-state index is 0.115. The molecule has 0 aliphatic rings. The summed E-state index contributed by atoms with van der Waals surface area (Å²) in [5.41, 5.74) is 2.61. The van der Waals surface area contributed by atoms with Crippen molar-refractivity contribution in [2.75, 3.05) is 0 Å². The Morgan fingerprint density at radius 2 is 1.80 bits per heavy atom. The standard InChI is InChI=1S/C15H14BrNO3/c1-10-8-15(11(2)7-14(10)17(18)19)20-13-5-3-12(9-16)4-6-13/h3-8H,9H2,1-2H3. The second-order valence-electron chi connectivity index (χ2n) is 4.54. The minimum Gasteiger partial charge on any atom is -0.457 e. The summed E-state index contributed by atoms with van der Waals surface area (Å²) in [7, 11) is 0. The summed E-state index contributed by atoms with van der Waals surface area (Å²) in [4.78, 5) is 10.5. The van der Waals surface area contributed by atoms with Crippen LogP contribution >= 0.6 is 15.9 Å². The van der Waals surface area contributed by atoms with E-state index in [9.17, 15) is 10.1 Å². The Balaban J connectivity index is 2.29. The van der Waals surface area contributed by atoms with Crippen molar-refractivity contribution in [3.8, 4) is 11.5 Å². The van der Waals surface area contributed by atoms with E-state index in [-0.39, 0.29) is 10.6 Å². The van der Waals surface area contributed by atoms with Crippen molar-refractivity contribution in [3.63, 3.8) is 0 Å². The number of hydrogen-bond donors (Lipinski definition) is 0. The van der Waals surface area contributed by atoms with Crippen molar-refractivity contribution < 1.29 is 9.66 Å². The molecule has 4 nitrogen and oxygen atoms in total. The van der Waals surface area contributed by atoms with Gasteiger partial charge in [-0.15, -0.1) is 0 Å². The number of nitrogens with zero attached hydrogens (tertiary/aromatic N) is 1. The van der Waals surface area contributed by atoms with Gasteiger partial charge in [-0.3, -0.25) is 10.1 Å². The maximum Gasteiger partial charge on any atom is 0.272 e. The molecular weight excluding hydrogens is 322 g/mol. The third kappa shape index (κ3) is 3.17. The third-order valence-electron chi connectivity index (χ3n) is 3.00. The summed E-state index contributed by atoms with van der Waals surface area (Å²) < 4.78 is 5.79. The van der Waals surface area contributed by atoms with E-state index >= 15 is 0 Å².